The number of nitrogens with two attached hydrogens (primary N) is 1. The minimum atomic E-state index is -3.84. The summed E-state index contributed by atoms with van der Waals surface area (Å²) in [5.41, 5.74) is 7.20. The average Bonchev–Trinajstić information content (AvgIpc) is 2.81. The fraction of sp³-hybridized carbons (Fsp3) is 0.296. The Bertz CT molecular complexity index is 1330. The first-order valence-electron chi connectivity index (χ1n) is 11.4. The van der Waals surface area contributed by atoms with Crippen molar-refractivity contribution >= 4 is 38.2 Å². The van der Waals surface area contributed by atoms with Crippen LogP contribution >= 0.6 is 0 Å². The zero-order chi connectivity index (χ0) is 25.6. The minimum absolute atomic E-state index is 0.0598. The molecule has 35 heavy (non-hydrogen) atoms. The van der Waals surface area contributed by atoms with E-state index in [0.717, 1.165) is 21.9 Å². The third-order valence-corrected chi connectivity index (χ3v) is 7.81. The Morgan fingerprint density at radius 1 is 0.943 bits per heavy atom. The summed E-state index contributed by atoms with van der Waals surface area (Å²) < 4.78 is 25.7. The number of fused-ring (bicyclic) bond motifs is 1. The van der Waals surface area contributed by atoms with E-state index < -0.39 is 45.8 Å². The van der Waals surface area contributed by atoms with Gasteiger partial charge in [0.15, 0.2) is 15.6 Å². The van der Waals surface area contributed by atoms with Crippen LogP contribution in [-0.2, 0) is 30.6 Å². The normalized spacial score (nSPS) is 13.2. The van der Waals surface area contributed by atoms with E-state index in [0.29, 0.717) is 6.42 Å². The zero-order valence-corrected chi connectivity index (χ0v) is 20.7. The molecule has 8 heteroatoms. The largest absolute Gasteiger partial charge is 0.370 e. The molecule has 0 aliphatic rings. The molecule has 0 aliphatic carbocycles. The molecule has 2 atom stereocenters. The Balaban J connectivity index is 1.65. The molecule has 0 spiro atoms. The molecule has 3 N–H and O–H groups in total. The quantitative estimate of drug-likeness (QED) is 0.424. The van der Waals surface area contributed by atoms with Gasteiger partial charge in [-0.1, -0.05) is 60.2 Å². The molecule has 3 aromatic rings. The molecule has 0 heterocycles. The van der Waals surface area contributed by atoms with Crippen molar-refractivity contribution in [2.45, 2.75) is 44.0 Å². The van der Waals surface area contributed by atoms with Crippen LogP contribution in [0.5, 0.6) is 0 Å². The number of primary amides is 1. The van der Waals surface area contributed by atoms with Gasteiger partial charge in [-0.3, -0.25) is 14.4 Å². The van der Waals surface area contributed by atoms with Crippen molar-refractivity contribution in [3.63, 3.8) is 0 Å². The Labute approximate surface area is 205 Å². The monoisotopic (exact) mass is 494 g/mol. The maximum atomic E-state index is 12.9. The summed E-state index contributed by atoms with van der Waals surface area (Å²) in [4.78, 5) is 37.2. The summed E-state index contributed by atoms with van der Waals surface area (Å²) >= 11 is 0. The van der Waals surface area contributed by atoms with Gasteiger partial charge in [0.05, 0.1) is 22.6 Å². The predicted molar refractivity (Wildman–Crippen MR) is 135 cm³/mol. The van der Waals surface area contributed by atoms with E-state index in [2.05, 4.69) is 5.32 Å². The van der Waals surface area contributed by atoms with Gasteiger partial charge in [0.25, 0.3) is 0 Å². The topological polar surface area (TPSA) is 123 Å². The van der Waals surface area contributed by atoms with Crippen molar-refractivity contribution in [3.8, 4) is 0 Å². The molecule has 0 aliphatic heterocycles. The van der Waals surface area contributed by atoms with Gasteiger partial charge in [-0.05, 0) is 48.7 Å². The van der Waals surface area contributed by atoms with Gasteiger partial charge >= 0.3 is 0 Å². The molecule has 0 bridgehead atoms. The number of carbonyl (C=O) groups is 3. The lowest BCUT2D eigenvalue weighted by molar-refractivity contribution is -0.131. The van der Waals surface area contributed by atoms with Gasteiger partial charge < -0.3 is 11.1 Å². The molecule has 2 amide bonds. The van der Waals surface area contributed by atoms with Gasteiger partial charge in [0.1, 0.15) is 0 Å². The third-order valence-electron chi connectivity index (χ3n) is 5.98. The molecule has 7 nitrogen and oxygen atoms in total. The zero-order valence-electron chi connectivity index (χ0n) is 19.9. The van der Waals surface area contributed by atoms with Gasteiger partial charge in [-0.2, -0.15) is 0 Å². The molecule has 0 saturated carbocycles. The van der Waals surface area contributed by atoms with E-state index in [-0.39, 0.29) is 17.1 Å². The molecular weight excluding hydrogens is 464 g/mol. The number of amides is 2. The highest BCUT2D eigenvalue weighted by atomic mass is 32.2. The highest BCUT2D eigenvalue weighted by molar-refractivity contribution is 7.91. The van der Waals surface area contributed by atoms with Crippen LogP contribution in [0, 0.1) is 12.8 Å². The van der Waals surface area contributed by atoms with Crippen molar-refractivity contribution in [1.82, 2.24) is 5.32 Å². The second kappa shape index (κ2) is 11.3. The highest BCUT2D eigenvalue weighted by Gasteiger charge is 2.30. The number of aryl methyl sites for hydroxylation is 2. The second-order valence-corrected chi connectivity index (χ2v) is 10.8. The lowest BCUT2D eigenvalue weighted by Gasteiger charge is -2.19. The number of benzene rings is 3. The van der Waals surface area contributed by atoms with E-state index >= 15 is 0 Å². The van der Waals surface area contributed by atoms with Crippen LogP contribution in [0.4, 0.5) is 0 Å². The molecule has 0 saturated heterocycles. The number of carbonyl (C=O) groups excluding carboxylic acids is 3. The summed E-state index contributed by atoms with van der Waals surface area (Å²) in [6.07, 6.45) is 0.276. The summed E-state index contributed by atoms with van der Waals surface area (Å²) in [7, 11) is -3.84. The smallest absolute Gasteiger partial charge is 0.225 e. The fourth-order valence-corrected chi connectivity index (χ4v) is 5.52. The molecule has 0 radical (unpaired) electrons. The molecule has 0 unspecified atom stereocenters. The van der Waals surface area contributed by atoms with Crippen molar-refractivity contribution in [1.29, 1.82) is 0 Å². The number of hydrogen-bond acceptors (Lipinski definition) is 5. The molecule has 3 aromatic carbocycles. The van der Waals surface area contributed by atoms with Crippen molar-refractivity contribution in [3.05, 3.63) is 77.9 Å². The Kier molecular flexibility index (Phi) is 8.40. The van der Waals surface area contributed by atoms with E-state index in [4.69, 9.17) is 5.73 Å². The van der Waals surface area contributed by atoms with E-state index in [1.807, 2.05) is 49.4 Å². The standard InChI is InChI=1S/C27H30N2O5S/c1-18-10-13-23(14-11-18)35(33,34)17-22(16-26(28)31)27(32)29-19(2)25(30)15-12-21-8-5-7-20-6-3-4-9-24(20)21/h3-11,13-14,19,22H,12,15-17H2,1-2H3,(H2,28,31)(H,29,32)/t19-,22+/m0/s1. The summed E-state index contributed by atoms with van der Waals surface area (Å²) in [5, 5.41) is 4.74. The molecule has 184 valence electrons. The first-order valence-corrected chi connectivity index (χ1v) is 13.1. The van der Waals surface area contributed by atoms with Crippen LogP contribution in [0.25, 0.3) is 10.8 Å². The van der Waals surface area contributed by atoms with Gasteiger partial charge in [0.2, 0.25) is 11.8 Å². The van der Waals surface area contributed by atoms with E-state index in [9.17, 15) is 22.8 Å². The van der Waals surface area contributed by atoms with Crippen LogP contribution in [0.15, 0.2) is 71.6 Å². The Morgan fingerprint density at radius 3 is 2.29 bits per heavy atom. The van der Waals surface area contributed by atoms with Crippen molar-refractivity contribution in [2.24, 2.45) is 11.7 Å². The fourth-order valence-electron chi connectivity index (χ4n) is 3.97. The SMILES string of the molecule is Cc1ccc(S(=O)(=O)C[C@@H](CC(N)=O)C(=O)N[C@@H](C)C(=O)CCc2cccc3ccccc23)cc1. The van der Waals surface area contributed by atoms with Crippen LogP contribution in [-0.4, -0.2) is 37.8 Å². The van der Waals surface area contributed by atoms with Crippen LogP contribution in [0.3, 0.4) is 0 Å². The Morgan fingerprint density at radius 2 is 1.60 bits per heavy atom. The molecular formula is C27H30N2O5S. The minimum Gasteiger partial charge on any atom is -0.370 e. The summed E-state index contributed by atoms with van der Waals surface area (Å²) in [6, 6.07) is 19.2. The highest BCUT2D eigenvalue weighted by Crippen LogP contribution is 2.20. The number of nitrogens with one attached hydrogen (secondary N) is 1. The van der Waals surface area contributed by atoms with Crippen molar-refractivity contribution in [2.75, 3.05) is 5.75 Å². The van der Waals surface area contributed by atoms with Crippen LogP contribution < -0.4 is 11.1 Å². The summed E-state index contributed by atoms with van der Waals surface area (Å²) in [6.45, 7) is 3.39. The Hall–Kier alpha value is -3.52. The average molecular weight is 495 g/mol. The lowest BCUT2D eigenvalue weighted by Crippen LogP contribution is -2.44. The van der Waals surface area contributed by atoms with E-state index in [1.165, 1.54) is 12.1 Å². The number of rotatable bonds is 11. The van der Waals surface area contributed by atoms with Crippen LogP contribution in [0.1, 0.15) is 30.9 Å². The molecule has 0 fully saturated rings. The second-order valence-electron chi connectivity index (χ2n) is 8.80. The van der Waals surface area contributed by atoms with Gasteiger partial charge in [-0.15, -0.1) is 0 Å². The molecule has 0 aromatic heterocycles. The first kappa shape index (κ1) is 26.1. The van der Waals surface area contributed by atoms with E-state index in [1.54, 1.807) is 19.1 Å². The van der Waals surface area contributed by atoms with Crippen LogP contribution in [0.2, 0.25) is 0 Å². The maximum Gasteiger partial charge on any atom is 0.225 e. The predicted octanol–water partition coefficient (Wildman–Crippen LogP) is 3.12. The first-order chi connectivity index (χ1) is 16.6. The van der Waals surface area contributed by atoms with Gasteiger partial charge in [0, 0.05) is 12.8 Å². The number of hydrogen-bond donors (Lipinski definition) is 2. The number of sulfone groups is 1. The number of ketones is 1. The maximum absolute atomic E-state index is 12.9. The van der Waals surface area contributed by atoms with Crippen molar-refractivity contribution < 1.29 is 22.8 Å². The number of Topliss-reactive ketones (excluding diaryl/α,β-unsaturated/α-hetero) is 1. The third kappa shape index (κ3) is 6.99. The molecule has 3 rings (SSSR count). The lowest BCUT2D eigenvalue weighted by atomic mass is 9.98. The summed E-state index contributed by atoms with van der Waals surface area (Å²) in [5.74, 6) is -3.45. The van der Waals surface area contributed by atoms with Gasteiger partial charge in [-0.25, -0.2) is 8.42 Å².